The van der Waals surface area contributed by atoms with Crippen molar-refractivity contribution in [3.63, 3.8) is 0 Å². The van der Waals surface area contributed by atoms with E-state index in [1.165, 1.54) is 0 Å². The lowest BCUT2D eigenvalue weighted by Gasteiger charge is -2.18. The monoisotopic (exact) mass is 430 g/mol. The molecule has 0 aliphatic carbocycles. The summed E-state index contributed by atoms with van der Waals surface area (Å²) in [6.07, 6.45) is 5.79. The van der Waals surface area contributed by atoms with Crippen LogP contribution >= 0.6 is 12.2 Å². The number of nitrogens with one attached hydrogen (secondary N) is 1. The maximum absolute atomic E-state index is 13.1. The lowest BCUT2D eigenvalue weighted by Crippen LogP contribution is -2.37. The van der Waals surface area contributed by atoms with Crippen LogP contribution in [0.15, 0.2) is 72.6 Å². The molecule has 1 unspecified atom stereocenters. The normalized spacial score (nSPS) is 19.9. The van der Waals surface area contributed by atoms with Crippen LogP contribution in [0.1, 0.15) is 18.4 Å². The molecule has 1 N–H and O–H groups in total. The smallest absolute Gasteiger partial charge is 0.276 e. The van der Waals surface area contributed by atoms with Gasteiger partial charge in [0.2, 0.25) is 0 Å². The molecule has 0 radical (unpaired) electrons. The Bertz CT molecular complexity index is 1130. The number of amides is 1. The molecule has 2 aliphatic heterocycles. The summed E-state index contributed by atoms with van der Waals surface area (Å²) in [6, 6.07) is 19.9. The molecule has 156 valence electrons. The second kappa shape index (κ2) is 8.45. The molecule has 6 nitrogen and oxygen atoms in total. The van der Waals surface area contributed by atoms with Crippen molar-refractivity contribution in [2.45, 2.75) is 18.9 Å². The number of thiocarbonyl (C=S) groups is 1. The fourth-order valence-corrected chi connectivity index (χ4v) is 4.18. The maximum Gasteiger partial charge on any atom is 0.276 e. The second-order valence-corrected chi connectivity index (χ2v) is 8.00. The highest BCUT2D eigenvalue weighted by molar-refractivity contribution is 7.80. The van der Waals surface area contributed by atoms with Gasteiger partial charge in [0.15, 0.2) is 5.11 Å². The van der Waals surface area contributed by atoms with Gasteiger partial charge >= 0.3 is 0 Å². The first-order valence-corrected chi connectivity index (χ1v) is 10.8. The topological polar surface area (TPSA) is 59.4 Å². The number of aromatic nitrogens is 2. The summed E-state index contributed by atoms with van der Waals surface area (Å²) in [5, 5.41) is 8.31. The maximum atomic E-state index is 13.1. The largest absolute Gasteiger partial charge is 0.376 e. The first-order chi connectivity index (χ1) is 15.2. The quantitative estimate of drug-likeness (QED) is 0.493. The number of nitrogens with zero attached hydrogens (tertiary/aromatic N) is 3. The second-order valence-electron chi connectivity index (χ2n) is 7.62. The van der Waals surface area contributed by atoms with E-state index in [4.69, 9.17) is 22.1 Å². The van der Waals surface area contributed by atoms with Crippen molar-refractivity contribution < 1.29 is 9.53 Å². The molecule has 2 aromatic carbocycles. The molecule has 31 heavy (non-hydrogen) atoms. The summed E-state index contributed by atoms with van der Waals surface area (Å²) in [4.78, 5) is 14.7. The average Bonchev–Trinajstić information content (AvgIpc) is 3.53. The van der Waals surface area contributed by atoms with E-state index in [1.54, 1.807) is 4.90 Å². The zero-order chi connectivity index (χ0) is 21.2. The van der Waals surface area contributed by atoms with Crippen molar-refractivity contribution in [1.29, 1.82) is 0 Å². The van der Waals surface area contributed by atoms with E-state index in [2.05, 4.69) is 5.32 Å². The molecule has 2 fully saturated rings. The van der Waals surface area contributed by atoms with Crippen LogP contribution in [0.25, 0.3) is 23.0 Å². The Morgan fingerprint density at radius 1 is 1.13 bits per heavy atom. The van der Waals surface area contributed by atoms with Gasteiger partial charge in [-0.3, -0.25) is 9.69 Å². The summed E-state index contributed by atoms with van der Waals surface area (Å²) in [7, 11) is 0. The van der Waals surface area contributed by atoms with Crippen LogP contribution < -0.4 is 5.32 Å². The molecule has 7 heteroatoms. The van der Waals surface area contributed by atoms with Crippen LogP contribution in [0.3, 0.4) is 0 Å². The lowest BCUT2D eigenvalue weighted by molar-refractivity contribution is -0.123. The minimum atomic E-state index is -0.132. The van der Waals surface area contributed by atoms with Crippen LogP contribution in [0, 0.1) is 0 Å². The van der Waals surface area contributed by atoms with Gasteiger partial charge in [-0.1, -0.05) is 48.5 Å². The molecule has 1 amide bonds. The first kappa shape index (κ1) is 19.7. The molecule has 0 bridgehead atoms. The average molecular weight is 431 g/mol. The lowest BCUT2D eigenvalue weighted by atomic mass is 10.1. The number of ether oxygens (including phenoxy) is 1. The van der Waals surface area contributed by atoms with E-state index >= 15 is 0 Å². The molecular weight excluding hydrogens is 408 g/mol. The van der Waals surface area contributed by atoms with Gasteiger partial charge in [0.25, 0.3) is 5.91 Å². The predicted octanol–water partition coefficient (Wildman–Crippen LogP) is 3.78. The van der Waals surface area contributed by atoms with E-state index < -0.39 is 0 Å². The van der Waals surface area contributed by atoms with Crippen molar-refractivity contribution in [3.8, 4) is 16.9 Å². The fourth-order valence-electron chi connectivity index (χ4n) is 3.91. The van der Waals surface area contributed by atoms with Gasteiger partial charge in [0.1, 0.15) is 11.4 Å². The van der Waals surface area contributed by atoms with Crippen LogP contribution in [-0.4, -0.2) is 45.0 Å². The molecule has 3 heterocycles. The third kappa shape index (κ3) is 4.02. The van der Waals surface area contributed by atoms with Crippen LogP contribution in [0.2, 0.25) is 0 Å². The molecule has 3 aromatic rings. The van der Waals surface area contributed by atoms with Crippen LogP contribution in [-0.2, 0) is 9.53 Å². The van der Waals surface area contributed by atoms with Crippen molar-refractivity contribution in [2.24, 2.45) is 0 Å². The van der Waals surface area contributed by atoms with Crippen molar-refractivity contribution in [1.82, 2.24) is 20.0 Å². The van der Waals surface area contributed by atoms with Gasteiger partial charge in [0.05, 0.1) is 18.3 Å². The van der Waals surface area contributed by atoms with Gasteiger partial charge < -0.3 is 10.1 Å². The predicted molar refractivity (Wildman–Crippen MR) is 123 cm³/mol. The summed E-state index contributed by atoms with van der Waals surface area (Å²) in [6.45, 7) is 1.23. The highest BCUT2D eigenvalue weighted by atomic mass is 32.1. The van der Waals surface area contributed by atoms with Crippen LogP contribution in [0.4, 0.5) is 0 Å². The van der Waals surface area contributed by atoms with Gasteiger partial charge in [0, 0.05) is 23.9 Å². The zero-order valence-electron chi connectivity index (χ0n) is 16.9. The number of hydrogen-bond acceptors (Lipinski definition) is 4. The fraction of sp³-hybridized carbons (Fsp3) is 0.208. The van der Waals surface area contributed by atoms with Gasteiger partial charge in [-0.15, -0.1) is 0 Å². The van der Waals surface area contributed by atoms with Crippen molar-refractivity contribution in [3.05, 3.63) is 78.1 Å². The summed E-state index contributed by atoms with van der Waals surface area (Å²) >= 11 is 5.43. The summed E-state index contributed by atoms with van der Waals surface area (Å²) in [5.74, 6) is -0.132. The van der Waals surface area contributed by atoms with Crippen molar-refractivity contribution >= 4 is 29.3 Å². The third-order valence-electron chi connectivity index (χ3n) is 5.48. The Morgan fingerprint density at radius 3 is 2.58 bits per heavy atom. The Morgan fingerprint density at radius 2 is 1.87 bits per heavy atom. The molecule has 2 aliphatic rings. The molecule has 2 saturated heterocycles. The highest BCUT2D eigenvalue weighted by Gasteiger charge is 2.33. The van der Waals surface area contributed by atoms with E-state index in [0.29, 0.717) is 17.4 Å². The Balaban J connectivity index is 1.50. The summed E-state index contributed by atoms with van der Waals surface area (Å²) < 4.78 is 7.51. The number of rotatable bonds is 5. The van der Waals surface area contributed by atoms with E-state index in [-0.39, 0.29) is 12.0 Å². The third-order valence-corrected chi connectivity index (χ3v) is 5.81. The van der Waals surface area contributed by atoms with Crippen molar-refractivity contribution in [2.75, 3.05) is 13.2 Å². The minimum Gasteiger partial charge on any atom is -0.376 e. The molecule has 0 spiro atoms. The van der Waals surface area contributed by atoms with E-state index in [9.17, 15) is 4.79 Å². The number of carbonyl (C=O) groups excluding carboxylic acids is 1. The molecule has 1 aromatic heterocycles. The molecule has 0 saturated carbocycles. The van der Waals surface area contributed by atoms with Crippen LogP contribution in [0.5, 0.6) is 0 Å². The zero-order valence-corrected chi connectivity index (χ0v) is 17.7. The Labute approximate surface area is 186 Å². The number of carbonyl (C=O) groups is 1. The number of hydrogen-bond donors (Lipinski definition) is 1. The van der Waals surface area contributed by atoms with Gasteiger partial charge in [-0.05, 0) is 43.3 Å². The first-order valence-electron chi connectivity index (χ1n) is 10.4. The minimum absolute atomic E-state index is 0.0451. The highest BCUT2D eigenvalue weighted by Crippen LogP contribution is 2.27. The molecule has 5 rings (SSSR count). The van der Waals surface area contributed by atoms with E-state index in [0.717, 1.165) is 42.0 Å². The Hall–Kier alpha value is -3.29. The number of benzene rings is 2. The molecule has 1 atom stereocenters. The standard InChI is InChI=1S/C24H22N4O2S/c29-23-21(25-24(31)27(23)16-20-12-7-13-30-20)14-18-15-28(19-10-5-2-6-11-19)26-22(18)17-8-3-1-4-9-17/h1-6,8-11,14-15,20H,7,12-13,16H2,(H,25,31)/b21-14+. The van der Waals surface area contributed by atoms with Gasteiger partial charge in [-0.25, -0.2) is 4.68 Å². The SMILES string of the molecule is O=C1/C(=C\c2cn(-c3ccccc3)nc2-c2ccccc2)NC(=S)N1CC1CCCO1. The summed E-state index contributed by atoms with van der Waals surface area (Å²) in [5.41, 5.74) is 4.02. The van der Waals surface area contributed by atoms with E-state index in [1.807, 2.05) is 77.6 Å². The van der Waals surface area contributed by atoms with Gasteiger partial charge in [-0.2, -0.15) is 5.10 Å². The Kier molecular flexibility index (Phi) is 5.36. The number of para-hydroxylation sites is 1. The molecular formula is C24H22N4O2S.